The summed E-state index contributed by atoms with van der Waals surface area (Å²) in [5, 5.41) is 3.87. The Kier molecular flexibility index (Phi) is 2.61. The van der Waals surface area contributed by atoms with E-state index in [4.69, 9.17) is 0 Å². The van der Waals surface area contributed by atoms with Crippen molar-refractivity contribution in [1.82, 2.24) is 14.8 Å². The van der Waals surface area contributed by atoms with Crippen molar-refractivity contribution in [1.29, 1.82) is 0 Å². The molecule has 0 saturated carbocycles. The molecule has 2 rings (SSSR count). The number of sulfonamides is 1. The number of rotatable bonds is 3. The van der Waals surface area contributed by atoms with Crippen molar-refractivity contribution in [3.05, 3.63) is 36.9 Å². The first kappa shape index (κ1) is 10.6. The average Bonchev–Trinajstić information content (AvgIpc) is 2.64. The third-order valence-corrected chi connectivity index (χ3v) is 3.27. The van der Waals surface area contributed by atoms with E-state index >= 15 is 0 Å². The van der Waals surface area contributed by atoms with E-state index in [9.17, 15) is 8.42 Å². The molecule has 0 atom stereocenters. The molecule has 1 N–H and O–H groups in total. The fraction of sp³-hybridized carbons (Fsp3) is 0.111. The van der Waals surface area contributed by atoms with Crippen molar-refractivity contribution >= 4 is 15.7 Å². The Morgan fingerprint density at radius 1 is 1.38 bits per heavy atom. The van der Waals surface area contributed by atoms with E-state index in [-0.39, 0.29) is 4.90 Å². The summed E-state index contributed by atoms with van der Waals surface area (Å²) in [6, 6.07) is 3.05. The molecule has 6 nitrogen and oxygen atoms in total. The largest absolute Gasteiger partial charge is 0.276 e. The summed E-state index contributed by atoms with van der Waals surface area (Å²) in [5.74, 6) is 0. The lowest BCUT2D eigenvalue weighted by Crippen LogP contribution is -2.12. The molecule has 0 aliphatic rings. The lowest BCUT2D eigenvalue weighted by Gasteiger charge is -2.04. The molecule has 2 heterocycles. The fourth-order valence-corrected chi connectivity index (χ4v) is 2.18. The topological polar surface area (TPSA) is 76.9 Å². The number of pyridine rings is 1. The van der Waals surface area contributed by atoms with E-state index in [1.54, 1.807) is 19.3 Å². The average molecular weight is 238 g/mol. The third kappa shape index (κ3) is 2.19. The van der Waals surface area contributed by atoms with Crippen LogP contribution in [0.1, 0.15) is 0 Å². The van der Waals surface area contributed by atoms with Gasteiger partial charge in [-0.15, -0.1) is 0 Å². The first-order chi connectivity index (χ1) is 7.58. The summed E-state index contributed by atoms with van der Waals surface area (Å²) < 4.78 is 27.6. The minimum Gasteiger partial charge on any atom is -0.276 e. The van der Waals surface area contributed by atoms with Gasteiger partial charge in [-0.25, -0.2) is 8.42 Å². The Morgan fingerprint density at radius 2 is 2.19 bits per heavy atom. The molecule has 0 aromatic carbocycles. The van der Waals surface area contributed by atoms with Crippen LogP contribution in [0.25, 0.3) is 0 Å². The summed E-state index contributed by atoms with van der Waals surface area (Å²) >= 11 is 0. The van der Waals surface area contributed by atoms with Crippen molar-refractivity contribution in [2.24, 2.45) is 7.05 Å². The highest BCUT2D eigenvalue weighted by atomic mass is 32.2. The van der Waals surface area contributed by atoms with Crippen LogP contribution in [0.5, 0.6) is 0 Å². The fourth-order valence-electron chi connectivity index (χ4n) is 1.19. The molecule has 0 bridgehead atoms. The number of nitrogens with one attached hydrogen (secondary N) is 1. The molecule has 2 aromatic rings. The molecular weight excluding hydrogens is 228 g/mol. The first-order valence-electron chi connectivity index (χ1n) is 4.49. The van der Waals surface area contributed by atoms with Gasteiger partial charge in [-0.05, 0) is 12.1 Å². The van der Waals surface area contributed by atoms with Gasteiger partial charge in [-0.2, -0.15) is 5.10 Å². The number of nitrogens with zero attached hydrogens (tertiary/aromatic N) is 3. The van der Waals surface area contributed by atoms with Crippen LogP contribution < -0.4 is 4.72 Å². The molecule has 2 aromatic heterocycles. The van der Waals surface area contributed by atoms with Crippen molar-refractivity contribution in [2.45, 2.75) is 4.90 Å². The molecule has 7 heteroatoms. The Balaban J connectivity index is 2.28. The highest BCUT2D eigenvalue weighted by Gasteiger charge is 2.14. The molecule has 0 amide bonds. The minimum atomic E-state index is -3.57. The summed E-state index contributed by atoms with van der Waals surface area (Å²) in [6.45, 7) is 0. The van der Waals surface area contributed by atoms with E-state index in [0.29, 0.717) is 5.69 Å². The van der Waals surface area contributed by atoms with Crippen molar-refractivity contribution in [3.63, 3.8) is 0 Å². The quantitative estimate of drug-likeness (QED) is 0.850. The van der Waals surface area contributed by atoms with Crippen LogP contribution in [0.3, 0.4) is 0 Å². The zero-order valence-electron chi connectivity index (χ0n) is 8.53. The van der Waals surface area contributed by atoms with Crippen LogP contribution in [0.2, 0.25) is 0 Å². The second kappa shape index (κ2) is 3.93. The van der Waals surface area contributed by atoms with Crippen molar-refractivity contribution in [3.8, 4) is 0 Å². The Labute approximate surface area is 93.0 Å². The van der Waals surface area contributed by atoms with Gasteiger partial charge in [0.2, 0.25) is 0 Å². The number of hydrogen-bond donors (Lipinski definition) is 1. The van der Waals surface area contributed by atoms with Crippen LogP contribution >= 0.6 is 0 Å². The predicted molar refractivity (Wildman–Crippen MR) is 58.3 cm³/mol. The predicted octanol–water partition coefficient (Wildman–Crippen LogP) is 0.616. The van der Waals surface area contributed by atoms with Gasteiger partial charge < -0.3 is 0 Å². The minimum absolute atomic E-state index is 0.124. The smallest absolute Gasteiger partial charge is 0.263 e. The van der Waals surface area contributed by atoms with E-state index in [1.165, 1.54) is 29.3 Å². The molecule has 0 unspecified atom stereocenters. The molecule has 0 aliphatic heterocycles. The standard InChI is InChI=1S/C9H10N4O2S/c1-13-7-8(5-11-13)12-16(14,15)9-3-2-4-10-6-9/h2-7,12H,1H3. The van der Waals surface area contributed by atoms with Gasteiger partial charge in [-0.3, -0.25) is 14.4 Å². The number of aryl methyl sites for hydroxylation is 1. The van der Waals surface area contributed by atoms with E-state index < -0.39 is 10.0 Å². The Hall–Kier alpha value is -1.89. The Morgan fingerprint density at radius 3 is 2.75 bits per heavy atom. The molecule has 0 saturated heterocycles. The molecule has 84 valence electrons. The van der Waals surface area contributed by atoms with Crippen LogP contribution in [0.15, 0.2) is 41.8 Å². The molecule has 0 aliphatic carbocycles. The van der Waals surface area contributed by atoms with E-state index in [1.807, 2.05) is 0 Å². The zero-order valence-corrected chi connectivity index (χ0v) is 9.35. The normalized spacial score (nSPS) is 11.3. The van der Waals surface area contributed by atoms with Gasteiger partial charge >= 0.3 is 0 Å². The number of anilines is 1. The van der Waals surface area contributed by atoms with Crippen LogP contribution in [-0.2, 0) is 17.1 Å². The maximum absolute atomic E-state index is 11.8. The molecular formula is C9H10N4O2S. The van der Waals surface area contributed by atoms with Gasteiger partial charge in [0.25, 0.3) is 10.0 Å². The van der Waals surface area contributed by atoms with Gasteiger partial charge in [0.1, 0.15) is 4.90 Å². The van der Waals surface area contributed by atoms with Gasteiger partial charge in [-0.1, -0.05) is 0 Å². The SMILES string of the molecule is Cn1cc(NS(=O)(=O)c2cccnc2)cn1. The highest BCUT2D eigenvalue weighted by Crippen LogP contribution is 2.13. The number of hydrogen-bond acceptors (Lipinski definition) is 4. The van der Waals surface area contributed by atoms with Gasteiger partial charge in [0.15, 0.2) is 0 Å². The molecule has 0 radical (unpaired) electrons. The van der Waals surface area contributed by atoms with Crippen LogP contribution in [-0.4, -0.2) is 23.2 Å². The van der Waals surface area contributed by atoms with Crippen molar-refractivity contribution < 1.29 is 8.42 Å². The second-order valence-electron chi connectivity index (χ2n) is 3.20. The highest BCUT2D eigenvalue weighted by molar-refractivity contribution is 7.92. The first-order valence-corrected chi connectivity index (χ1v) is 5.98. The molecule has 16 heavy (non-hydrogen) atoms. The third-order valence-electron chi connectivity index (χ3n) is 1.90. The van der Waals surface area contributed by atoms with Gasteiger partial charge in [0, 0.05) is 25.6 Å². The van der Waals surface area contributed by atoms with Crippen molar-refractivity contribution in [2.75, 3.05) is 4.72 Å². The summed E-state index contributed by atoms with van der Waals surface area (Å²) in [6.07, 6.45) is 5.82. The van der Waals surface area contributed by atoms with Crippen LogP contribution in [0.4, 0.5) is 5.69 Å². The number of aromatic nitrogens is 3. The zero-order chi connectivity index (χ0) is 11.6. The molecule has 0 fully saturated rings. The van der Waals surface area contributed by atoms with E-state index in [0.717, 1.165) is 0 Å². The van der Waals surface area contributed by atoms with E-state index in [2.05, 4.69) is 14.8 Å². The summed E-state index contributed by atoms with van der Waals surface area (Å²) in [5.41, 5.74) is 0.423. The van der Waals surface area contributed by atoms with Crippen LogP contribution in [0, 0.1) is 0 Å². The summed E-state index contributed by atoms with van der Waals surface area (Å²) in [4.78, 5) is 3.88. The lowest BCUT2D eigenvalue weighted by atomic mass is 10.5. The maximum Gasteiger partial charge on any atom is 0.263 e. The van der Waals surface area contributed by atoms with Gasteiger partial charge in [0.05, 0.1) is 11.9 Å². The monoisotopic (exact) mass is 238 g/mol. The lowest BCUT2D eigenvalue weighted by molar-refractivity contribution is 0.601. The maximum atomic E-state index is 11.8. The second-order valence-corrected chi connectivity index (χ2v) is 4.88. The molecule has 0 spiro atoms. The Bertz CT molecular complexity index is 577. The summed E-state index contributed by atoms with van der Waals surface area (Å²) in [7, 11) is -1.86.